The molecule has 0 amide bonds. The van der Waals surface area contributed by atoms with Crippen LogP contribution in [0.15, 0.2) is 35.5 Å². The average Bonchev–Trinajstić information content (AvgIpc) is 2.84. The second-order valence-electron chi connectivity index (χ2n) is 5.05. The first-order chi connectivity index (χ1) is 9.75. The van der Waals surface area contributed by atoms with E-state index < -0.39 is 0 Å². The summed E-state index contributed by atoms with van der Waals surface area (Å²) in [6.07, 6.45) is 3.83. The third-order valence-electron chi connectivity index (χ3n) is 3.61. The van der Waals surface area contributed by atoms with Crippen molar-refractivity contribution >= 4 is 17.5 Å². The molecule has 0 aliphatic heterocycles. The normalized spacial score (nSPS) is 19.2. The molecule has 1 heterocycles. The van der Waals surface area contributed by atoms with Crippen molar-refractivity contribution in [1.29, 1.82) is 0 Å². The van der Waals surface area contributed by atoms with E-state index in [1.807, 2.05) is 41.9 Å². The number of hydrogen-bond donors (Lipinski definition) is 0. The van der Waals surface area contributed by atoms with Gasteiger partial charge >= 0.3 is 0 Å². The lowest BCUT2D eigenvalue weighted by atomic mass is 9.99. The van der Waals surface area contributed by atoms with E-state index in [0.29, 0.717) is 12.2 Å². The molecule has 5 heteroatoms. The Morgan fingerprint density at radius 3 is 2.75 bits per heavy atom. The summed E-state index contributed by atoms with van der Waals surface area (Å²) in [7, 11) is 1.96. The van der Waals surface area contributed by atoms with Crippen LogP contribution in [0.4, 0.5) is 0 Å². The maximum Gasteiger partial charge on any atom is 0.191 e. The van der Waals surface area contributed by atoms with Gasteiger partial charge < -0.3 is 4.57 Å². The van der Waals surface area contributed by atoms with Crippen LogP contribution in [0.2, 0.25) is 0 Å². The molecule has 1 aliphatic rings. The van der Waals surface area contributed by atoms with E-state index in [1.165, 1.54) is 0 Å². The third-order valence-corrected chi connectivity index (χ3v) is 4.96. The zero-order valence-corrected chi connectivity index (χ0v) is 12.3. The molecule has 20 heavy (non-hydrogen) atoms. The van der Waals surface area contributed by atoms with E-state index in [0.717, 1.165) is 35.8 Å². The summed E-state index contributed by atoms with van der Waals surface area (Å²) in [5.74, 6) is 1.20. The summed E-state index contributed by atoms with van der Waals surface area (Å²) in [6, 6.07) is 9.99. The molecule has 1 saturated carbocycles. The number of aromatic nitrogens is 3. The van der Waals surface area contributed by atoms with Crippen molar-refractivity contribution in [3.63, 3.8) is 0 Å². The van der Waals surface area contributed by atoms with Crippen molar-refractivity contribution in [2.24, 2.45) is 7.05 Å². The number of carbonyl (C=O) groups is 1. The molecule has 0 unspecified atom stereocenters. The van der Waals surface area contributed by atoms with Gasteiger partial charge in [0.15, 0.2) is 11.0 Å². The van der Waals surface area contributed by atoms with Gasteiger partial charge in [0, 0.05) is 19.0 Å². The van der Waals surface area contributed by atoms with Crippen molar-refractivity contribution < 1.29 is 4.79 Å². The van der Waals surface area contributed by atoms with Gasteiger partial charge in [0.2, 0.25) is 0 Å². The Morgan fingerprint density at radius 2 is 2.00 bits per heavy atom. The van der Waals surface area contributed by atoms with Crippen LogP contribution in [0.5, 0.6) is 0 Å². The first-order valence-corrected chi connectivity index (χ1v) is 7.78. The Kier molecular flexibility index (Phi) is 3.87. The molecule has 0 N–H and O–H groups in total. The minimum absolute atomic E-state index is 0.0512. The molecule has 0 saturated heterocycles. The number of nitrogens with zero attached hydrogens (tertiary/aromatic N) is 3. The van der Waals surface area contributed by atoms with Gasteiger partial charge in [-0.05, 0) is 12.8 Å². The largest absolute Gasteiger partial charge is 0.305 e. The summed E-state index contributed by atoms with van der Waals surface area (Å²) in [5, 5.41) is 9.38. The fourth-order valence-electron chi connectivity index (χ4n) is 2.46. The summed E-state index contributed by atoms with van der Waals surface area (Å²) < 4.78 is 1.97. The van der Waals surface area contributed by atoms with Gasteiger partial charge in [-0.25, -0.2) is 0 Å². The fourth-order valence-corrected chi connectivity index (χ4v) is 3.58. The molecule has 1 atom stereocenters. The van der Waals surface area contributed by atoms with E-state index in [-0.39, 0.29) is 5.25 Å². The maximum atomic E-state index is 11.9. The standard InChI is InChI=1S/C15H17N3OS/c1-18-14(11-7-3-2-4-8-11)16-17-15(18)20-13-10-6-5-9-12(13)19/h2-4,7-8,13H,5-6,9-10H2,1H3/t13-/m0/s1. The molecular formula is C15H17N3OS. The van der Waals surface area contributed by atoms with Gasteiger partial charge in [0.1, 0.15) is 5.78 Å². The molecule has 1 aromatic heterocycles. The average molecular weight is 287 g/mol. The summed E-state index contributed by atoms with van der Waals surface area (Å²) >= 11 is 1.55. The number of Topliss-reactive ketones (excluding diaryl/α,β-unsaturated/α-hetero) is 1. The van der Waals surface area contributed by atoms with Gasteiger partial charge in [-0.2, -0.15) is 0 Å². The third kappa shape index (κ3) is 2.63. The minimum Gasteiger partial charge on any atom is -0.305 e. The van der Waals surface area contributed by atoms with Gasteiger partial charge in [0.05, 0.1) is 5.25 Å². The van der Waals surface area contributed by atoms with Crippen molar-refractivity contribution in [3.8, 4) is 11.4 Å². The Hall–Kier alpha value is -1.62. The van der Waals surface area contributed by atoms with Crippen LogP contribution >= 0.6 is 11.8 Å². The topological polar surface area (TPSA) is 47.8 Å². The van der Waals surface area contributed by atoms with E-state index in [9.17, 15) is 4.79 Å². The lowest BCUT2D eigenvalue weighted by Crippen LogP contribution is -2.21. The maximum absolute atomic E-state index is 11.9. The zero-order valence-electron chi connectivity index (χ0n) is 11.5. The van der Waals surface area contributed by atoms with Crippen LogP contribution in [0.3, 0.4) is 0 Å². The molecule has 0 bridgehead atoms. The van der Waals surface area contributed by atoms with Crippen LogP contribution in [0.1, 0.15) is 25.7 Å². The first kappa shape index (κ1) is 13.4. The van der Waals surface area contributed by atoms with Crippen molar-refractivity contribution in [1.82, 2.24) is 14.8 Å². The van der Waals surface area contributed by atoms with Crippen LogP contribution < -0.4 is 0 Å². The molecule has 1 aromatic carbocycles. The van der Waals surface area contributed by atoms with Crippen molar-refractivity contribution in [2.45, 2.75) is 36.1 Å². The zero-order chi connectivity index (χ0) is 13.9. The number of thioether (sulfide) groups is 1. The Labute approximate surface area is 122 Å². The van der Waals surface area contributed by atoms with Crippen molar-refractivity contribution in [3.05, 3.63) is 30.3 Å². The number of benzene rings is 1. The number of rotatable bonds is 3. The highest BCUT2D eigenvalue weighted by molar-refractivity contribution is 8.00. The molecule has 1 fully saturated rings. The van der Waals surface area contributed by atoms with Gasteiger partial charge in [-0.3, -0.25) is 4.79 Å². The second kappa shape index (κ2) is 5.79. The lowest BCUT2D eigenvalue weighted by molar-refractivity contribution is -0.119. The van der Waals surface area contributed by atoms with E-state index in [4.69, 9.17) is 0 Å². The smallest absolute Gasteiger partial charge is 0.191 e. The van der Waals surface area contributed by atoms with E-state index in [2.05, 4.69) is 10.2 Å². The Balaban J connectivity index is 1.82. The molecule has 0 spiro atoms. The SMILES string of the molecule is Cn1c(S[C@H]2CCCCC2=O)nnc1-c1ccccc1. The summed E-state index contributed by atoms with van der Waals surface area (Å²) in [4.78, 5) is 11.9. The van der Waals surface area contributed by atoms with E-state index in [1.54, 1.807) is 11.8 Å². The van der Waals surface area contributed by atoms with Crippen LogP contribution in [-0.2, 0) is 11.8 Å². The monoisotopic (exact) mass is 287 g/mol. The van der Waals surface area contributed by atoms with Crippen LogP contribution in [0.25, 0.3) is 11.4 Å². The quantitative estimate of drug-likeness (QED) is 0.870. The predicted molar refractivity (Wildman–Crippen MR) is 79.6 cm³/mol. The predicted octanol–water partition coefficient (Wildman–Crippen LogP) is 3.09. The van der Waals surface area contributed by atoms with Gasteiger partial charge in [-0.1, -0.05) is 48.5 Å². The first-order valence-electron chi connectivity index (χ1n) is 6.90. The summed E-state index contributed by atoms with van der Waals surface area (Å²) in [6.45, 7) is 0. The highest BCUT2D eigenvalue weighted by atomic mass is 32.2. The molecule has 0 radical (unpaired) electrons. The number of ketones is 1. The second-order valence-corrected chi connectivity index (χ2v) is 6.22. The van der Waals surface area contributed by atoms with Crippen molar-refractivity contribution in [2.75, 3.05) is 0 Å². The van der Waals surface area contributed by atoms with Crippen LogP contribution in [-0.4, -0.2) is 25.8 Å². The molecule has 1 aliphatic carbocycles. The molecule has 2 aromatic rings. The van der Waals surface area contributed by atoms with E-state index >= 15 is 0 Å². The molecule has 4 nitrogen and oxygen atoms in total. The molecule has 3 rings (SSSR count). The van der Waals surface area contributed by atoms with Crippen LogP contribution in [0, 0.1) is 0 Å². The minimum atomic E-state index is 0.0512. The Morgan fingerprint density at radius 1 is 1.20 bits per heavy atom. The number of carbonyl (C=O) groups excluding carboxylic acids is 1. The van der Waals surface area contributed by atoms with Gasteiger partial charge in [0.25, 0.3) is 0 Å². The number of hydrogen-bond acceptors (Lipinski definition) is 4. The lowest BCUT2D eigenvalue weighted by Gasteiger charge is -2.19. The highest BCUT2D eigenvalue weighted by Gasteiger charge is 2.25. The Bertz CT molecular complexity index is 609. The fraction of sp³-hybridized carbons (Fsp3) is 0.400. The molecule has 104 valence electrons. The highest BCUT2D eigenvalue weighted by Crippen LogP contribution is 2.31. The summed E-state index contributed by atoms with van der Waals surface area (Å²) in [5.41, 5.74) is 1.05. The van der Waals surface area contributed by atoms with Gasteiger partial charge in [-0.15, -0.1) is 10.2 Å². The molecular weight excluding hydrogens is 270 g/mol.